The number of esters is 2. The van der Waals surface area contributed by atoms with E-state index >= 15 is 0 Å². The Morgan fingerprint density at radius 1 is 0.582 bits per heavy atom. The molecule has 0 aromatic rings. The molecule has 1 aliphatic rings. The van der Waals surface area contributed by atoms with Crippen molar-refractivity contribution in [1.29, 1.82) is 0 Å². The fourth-order valence-electron chi connectivity index (χ4n) is 5.83. The third-order valence-electron chi connectivity index (χ3n) is 9.20. The Bertz CT molecular complexity index is 1120. The van der Waals surface area contributed by atoms with Gasteiger partial charge in [0.15, 0.2) is 12.4 Å². The van der Waals surface area contributed by atoms with E-state index < -0.39 is 55.4 Å². The normalized spacial score (nSPS) is 21.3. The zero-order valence-electron chi connectivity index (χ0n) is 33.9. The highest BCUT2D eigenvalue weighted by molar-refractivity contribution is 5.70. The Morgan fingerprint density at radius 3 is 1.64 bits per heavy atom. The van der Waals surface area contributed by atoms with Crippen LogP contribution in [0.1, 0.15) is 142 Å². The van der Waals surface area contributed by atoms with Gasteiger partial charge in [-0.05, 0) is 57.8 Å². The highest BCUT2D eigenvalue weighted by Crippen LogP contribution is 2.22. The first-order valence-electron chi connectivity index (χ1n) is 21.1. The van der Waals surface area contributed by atoms with Crippen LogP contribution in [-0.4, -0.2) is 89.0 Å². The van der Waals surface area contributed by atoms with Crippen LogP contribution in [0.5, 0.6) is 0 Å². The maximum atomic E-state index is 12.7. The zero-order valence-corrected chi connectivity index (χ0v) is 33.9. The molecule has 0 aliphatic carbocycles. The Hall–Kier alpha value is -2.86. The van der Waals surface area contributed by atoms with Crippen molar-refractivity contribution in [2.24, 2.45) is 0 Å². The molecule has 2 unspecified atom stereocenters. The second-order valence-electron chi connectivity index (χ2n) is 14.2. The fraction of sp³-hybridized carbons (Fsp3) is 0.689. The van der Waals surface area contributed by atoms with Crippen molar-refractivity contribution in [3.8, 4) is 0 Å². The molecule has 314 valence electrons. The third-order valence-corrected chi connectivity index (χ3v) is 9.20. The van der Waals surface area contributed by atoms with E-state index in [9.17, 15) is 30.0 Å². The van der Waals surface area contributed by atoms with Gasteiger partial charge < -0.3 is 39.4 Å². The molecule has 0 radical (unpaired) electrons. The van der Waals surface area contributed by atoms with Gasteiger partial charge in [0.1, 0.15) is 31.0 Å². The largest absolute Gasteiger partial charge is 0.462 e. The molecule has 0 bridgehead atoms. The van der Waals surface area contributed by atoms with E-state index in [1.165, 1.54) is 25.7 Å². The SMILES string of the molecule is CC/C=C/C=C/C=C/C=C/CCCCCCCC(=O)O[C@@H](COC(=O)CCCCCCC/C=C/C=C/CCCCCC)CO[C@H]1O[C@@H](CO)[C@@H](O)C(O)C1O. The van der Waals surface area contributed by atoms with Crippen molar-refractivity contribution in [2.75, 3.05) is 19.8 Å². The van der Waals surface area contributed by atoms with Gasteiger partial charge in [-0.3, -0.25) is 9.59 Å². The quantitative estimate of drug-likeness (QED) is 0.0291. The van der Waals surface area contributed by atoms with Crippen molar-refractivity contribution < 1.29 is 49.0 Å². The van der Waals surface area contributed by atoms with Gasteiger partial charge in [0.2, 0.25) is 0 Å². The number of rotatable bonds is 33. The van der Waals surface area contributed by atoms with Crippen LogP contribution in [0.15, 0.2) is 72.9 Å². The monoisotopic (exact) mass is 775 g/mol. The summed E-state index contributed by atoms with van der Waals surface area (Å²) in [4.78, 5) is 25.3. The molecule has 6 atom stereocenters. The van der Waals surface area contributed by atoms with E-state index in [-0.39, 0.29) is 26.1 Å². The molecule has 1 fully saturated rings. The molecule has 1 rings (SSSR count). The molecule has 4 N–H and O–H groups in total. The van der Waals surface area contributed by atoms with E-state index in [1.807, 2.05) is 30.4 Å². The molecule has 1 heterocycles. The number of hydrogen-bond acceptors (Lipinski definition) is 10. The van der Waals surface area contributed by atoms with Crippen molar-refractivity contribution in [3.05, 3.63) is 72.9 Å². The van der Waals surface area contributed by atoms with Gasteiger partial charge in [-0.1, -0.05) is 145 Å². The summed E-state index contributed by atoms with van der Waals surface area (Å²) in [6, 6.07) is 0. The van der Waals surface area contributed by atoms with E-state index in [0.717, 1.165) is 77.0 Å². The third kappa shape index (κ3) is 27.4. The Morgan fingerprint density at radius 2 is 1.07 bits per heavy atom. The minimum atomic E-state index is -1.61. The number of unbranched alkanes of at least 4 members (excludes halogenated alkanes) is 14. The van der Waals surface area contributed by atoms with E-state index in [0.29, 0.717) is 12.8 Å². The van der Waals surface area contributed by atoms with Crippen LogP contribution >= 0.6 is 0 Å². The number of carbonyl (C=O) groups excluding carboxylic acids is 2. The van der Waals surface area contributed by atoms with E-state index in [2.05, 4.69) is 56.4 Å². The molecule has 10 nitrogen and oxygen atoms in total. The van der Waals surface area contributed by atoms with Gasteiger partial charge >= 0.3 is 11.9 Å². The lowest BCUT2D eigenvalue weighted by atomic mass is 9.99. The van der Waals surface area contributed by atoms with Gasteiger partial charge in [0.05, 0.1) is 13.2 Å². The molecule has 1 saturated heterocycles. The lowest BCUT2D eigenvalue weighted by Crippen LogP contribution is -2.59. The first-order valence-corrected chi connectivity index (χ1v) is 21.1. The van der Waals surface area contributed by atoms with Crippen LogP contribution in [0.2, 0.25) is 0 Å². The standard InChI is InChI=1S/C45H74O10/c1-3-5-7-9-11-13-15-17-19-21-23-25-27-29-31-33-40(47)52-36-38(37-53-45-44(51)43(50)42(49)39(35-46)55-45)54-41(48)34-32-30-28-26-24-22-20-18-16-14-12-10-8-6-4-2/h6,8,10,12-20,38-39,42-46,49-51H,3-5,7,9,11,21-37H2,1-2H3/b8-6+,12-10+,15-13+,16-14+,19-17+,20-18+/t38-,39-,42+,43?,44?,45-/m0/s1. The molecule has 0 aromatic heterocycles. The predicted octanol–water partition coefficient (Wildman–Crippen LogP) is 8.44. The first kappa shape index (κ1) is 50.2. The maximum absolute atomic E-state index is 12.7. The molecule has 0 spiro atoms. The Kier molecular flexibility index (Phi) is 32.4. The summed E-state index contributed by atoms with van der Waals surface area (Å²) in [6.07, 6.45) is 36.2. The van der Waals surface area contributed by atoms with Gasteiger partial charge in [0, 0.05) is 12.8 Å². The van der Waals surface area contributed by atoms with Crippen LogP contribution in [0, 0.1) is 0 Å². The van der Waals surface area contributed by atoms with Gasteiger partial charge in [-0.25, -0.2) is 0 Å². The van der Waals surface area contributed by atoms with Crippen molar-refractivity contribution in [2.45, 2.75) is 179 Å². The molecule has 0 aromatic carbocycles. The number of ether oxygens (including phenoxy) is 4. The number of aliphatic hydroxyl groups is 4. The summed E-state index contributed by atoms with van der Waals surface area (Å²) in [7, 11) is 0. The average Bonchev–Trinajstić information content (AvgIpc) is 3.18. The number of allylic oxidation sites excluding steroid dienone is 12. The fourth-order valence-corrected chi connectivity index (χ4v) is 5.83. The van der Waals surface area contributed by atoms with Crippen molar-refractivity contribution >= 4 is 11.9 Å². The zero-order chi connectivity index (χ0) is 40.2. The first-order chi connectivity index (χ1) is 26.8. The topological polar surface area (TPSA) is 152 Å². The van der Waals surface area contributed by atoms with Crippen LogP contribution in [0.4, 0.5) is 0 Å². The van der Waals surface area contributed by atoms with Crippen molar-refractivity contribution in [1.82, 2.24) is 0 Å². The molecule has 0 amide bonds. The number of aliphatic hydroxyl groups excluding tert-OH is 4. The lowest BCUT2D eigenvalue weighted by molar-refractivity contribution is -0.305. The lowest BCUT2D eigenvalue weighted by Gasteiger charge is -2.39. The van der Waals surface area contributed by atoms with E-state index in [4.69, 9.17) is 18.9 Å². The minimum absolute atomic E-state index is 0.196. The smallest absolute Gasteiger partial charge is 0.306 e. The maximum Gasteiger partial charge on any atom is 0.306 e. The highest BCUT2D eigenvalue weighted by atomic mass is 16.7. The number of carbonyl (C=O) groups is 2. The van der Waals surface area contributed by atoms with Crippen molar-refractivity contribution in [3.63, 3.8) is 0 Å². The molecule has 1 aliphatic heterocycles. The van der Waals surface area contributed by atoms with Crippen LogP contribution in [-0.2, 0) is 28.5 Å². The Balaban J connectivity index is 2.40. The van der Waals surface area contributed by atoms with Crippen LogP contribution in [0.3, 0.4) is 0 Å². The second-order valence-corrected chi connectivity index (χ2v) is 14.2. The van der Waals surface area contributed by atoms with Gasteiger partial charge in [-0.2, -0.15) is 0 Å². The molecular weight excluding hydrogens is 700 g/mol. The molecule has 10 heteroatoms. The predicted molar refractivity (Wildman–Crippen MR) is 219 cm³/mol. The minimum Gasteiger partial charge on any atom is -0.462 e. The summed E-state index contributed by atoms with van der Waals surface area (Å²) in [6.45, 7) is 3.20. The summed E-state index contributed by atoms with van der Waals surface area (Å²) in [5.74, 6) is -0.860. The molecule has 0 saturated carbocycles. The van der Waals surface area contributed by atoms with Crippen LogP contribution in [0.25, 0.3) is 0 Å². The second kappa shape index (κ2) is 35.5. The van der Waals surface area contributed by atoms with E-state index in [1.54, 1.807) is 0 Å². The van der Waals surface area contributed by atoms with Gasteiger partial charge in [0.25, 0.3) is 0 Å². The summed E-state index contributed by atoms with van der Waals surface area (Å²) >= 11 is 0. The molecule has 55 heavy (non-hydrogen) atoms. The summed E-state index contributed by atoms with van der Waals surface area (Å²) in [5, 5.41) is 40.0. The number of hydrogen-bond donors (Lipinski definition) is 4. The molecular formula is C45H74O10. The average molecular weight is 775 g/mol. The summed E-state index contributed by atoms with van der Waals surface area (Å²) < 4.78 is 22.1. The van der Waals surface area contributed by atoms with Gasteiger partial charge in [-0.15, -0.1) is 0 Å². The Labute approximate surface area is 332 Å². The highest BCUT2D eigenvalue weighted by Gasteiger charge is 2.44. The van der Waals surface area contributed by atoms with Crippen LogP contribution < -0.4 is 0 Å². The summed E-state index contributed by atoms with van der Waals surface area (Å²) in [5.41, 5.74) is 0.